The van der Waals surface area contributed by atoms with Crippen molar-refractivity contribution in [2.75, 3.05) is 24.2 Å². The lowest BCUT2D eigenvalue weighted by Crippen LogP contribution is -2.20. The topological polar surface area (TPSA) is 106 Å². The molecule has 25 heavy (non-hydrogen) atoms. The van der Waals surface area contributed by atoms with E-state index in [1.165, 1.54) is 18.5 Å². The Kier molecular flexibility index (Phi) is 3.37. The highest BCUT2D eigenvalue weighted by Gasteiger charge is 2.26. The third-order valence-corrected chi connectivity index (χ3v) is 4.94. The van der Waals surface area contributed by atoms with Gasteiger partial charge in [-0.25, -0.2) is 4.52 Å². The van der Waals surface area contributed by atoms with E-state index >= 15 is 0 Å². The first kappa shape index (κ1) is 14.7. The standard InChI is InChI=1S/C17H21N7O/c18-16-15-12(14-8-13(21-22-14)10-3-4-10)5-6-24(15)23-17(20-16)19-9-11-2-1-7-25-11/h5-6,8,10-11H,1-4,7,9H2,(H,21,22)(H3,18,19,20,23)/t11-/m0/s1. The van der Waals surface area contributed by atoms with Crippen molar-refractivity contribution < 1.29 is 4.74 Å². The second kappa shape index (κ2) is 5.73. The van der Waals surface area contributed by atoms with Crippen LogP contribution in [-0.4, -0.2) is 44.1 Å². The molecule has 1 atom stereocenters. The van der Waals surface area contributed by atoms with Gasteiger partial charge in [-0.15, -0.1) is 5.10 Å². The molecule has 8 nitrogen and oxygen atoms in total. The molecular formula is C17H21N7O. The van der Waals surface area contributed by atoms with Gasteiger partial charge < -0.3 is 15.8 Å². The van der Waals surface area contributed by atoms with Crippen LogP contribution < -0.4 is 11.1 Å². The number of fused-ring (bicyclic) bond motifs is 1. The van der Waals surface area contributed by atoms with Crippen molar-refractivity contribution in [3.8, 4) is 11.3 Å². The number of aromatic amines is 1. The van der Waals surface area contributed by atoms with E-state index in [1.54, 1.807) is 4.52 Å². The van der Waals surface area contributed by atoms with Gasteiger partial charge in [0.05, 0.1) is 11.8 Å². The number of H-pyrrole nitrogens is 1. The number of nitrogen functional groups attached to an aromatic ring is 1. The van der Waals surface area contributed by atoms with Crippen LogP contribution in [-0.2, 0) is 4.74 Å². The molecule has 0 aromatic carbocycles. The Balaban J connectivity index is 1.43. The minimum absolute atomic E-state index is 0.227. The molecule has 3 aromatic rings. The van der Waals surface area contributed by atoms with Crippen LogP contribution in [0.15, 0.2) is 18.3 Å². The predicted molar refractivity (Wildman–Crippen MR) is 94.4 cm³/mol. The van der Waals surface area contributed by atoms with Crippen LogP contribution in [0.2, 0.25) is 0 Å². The molecule has 2 aliphatic rings. The molecule has 0 spiro atoms. The highest BCUT2D eigenvalue weighted by atomic mass is 16.5. The number of nitrogens with one attached hydrogen (secondary N) is 2. The van der Waals surface area contributed by atoms with Gasteiger partial charge in [-0.3, -0.25) is 5.10 Å². The van der Waals surface area contributed by atoms with Crippen molar-refractivity contribution >= 4 is 17.3 Å². The van der Waals surface area contributed by atoms with Gasteiger partial charge in [0.25, 0.3) is 0 Å². The summed E-state index contributed by atoms with van der Waals surface area (Å²) in [4.78, 5) is 4.42. The SMILES string of the molecule is Nc1nc(NC[C@@H]2CCCO2)nn2ccc(-c3cc(C4CC4)[nH]n3)c12. The number of hydrogen-bond acceptors (Lipinski definition) is 6. The van der Waals surface area contributed by atoms with Gasteiger partial charge >= 0.3 is 0 Å². The van der Waals surface area contributed by atoms with E-state index in [0.717, 1.165) is 36.2 Å². The fraction of sp³-hybridized carbons (Fsp3) is 0.471. The largest absolute Gasteiger partial charge is 0.382 e. The van der Waals surface area contributed by atoms with E-state index < -0.39 is 0 Å². The van der Waals surface area contributed by atoms with E-state index in [1.807, 2.05) is 12.3 Å². The smallest absolute Gasteiger partial charge is 0.243 e. The minimum atomic E-state index is 0.227. The zero-order valence-electron chi connectivity index (χ0n) is 13.9. The van der Waals surface area contributed by atoms with E-state index in [0.29, 0.717) is 24.2 Å². The molecule has 1 aliphatic carbocycles. The third kappa shape index (κ3) is 2.72. The molecular weight excluding hydrogens is 318 g/mol. The number of hydrogen-bond donors (Lipinski definition) is 3. The van der Waals surface area contributed by atoms with Crippen LogP contribution in [0.5, 0.6) is 0 Å². The molecule has 1 saturated heterocycles. The highest BCUT2D eigenvalue weighted by Crippen LogP contribution is 2.40. The van der Waals surface area contributed by atoms with Crippen LogP contribution in [0.3, 0.4) is 0 Å². The molecule has 1 aliphatic heterocycles. The van der Waals surface area contributed by atoms with Gasteiger partial charge in [-0.2, -0.15) is 10.1 Å². The first-order valence-corrected chi connectivity index (χ1v) is 8.84. The molecule has 0 unspecified atom stereocenters. The molecule has 5 rings (SSSR count). The summed E-state index contributed by atoms with van der Waals surface area (Å²) >= 11 is 0. The second-order valence-corrected chi connectivity index (χ2v) is 6.84. The van der Waals surface area contributed by atoms with Gasteiger partial charge in [0.2, 0.25) is 5.95 Å². The molecule has 4 heterocycles. The van der Waals surface area contributed by atoms with Crippen molar-refractivity contribution in [1.82, 2.24) is 24.8 Å². The molecule has 2 fully saturated rings. The van der Waals surface area contributed by atoms with Gasteiger partial charge in [0.1, 0.15) is 5.52 Å². The average molecular weight is 339 g/mol. The van der Waals surface area contributed by atoms with Crippen molar-refractivity contribution in [1.29, 1.82) is 0 Å². The van der Waals surface area contributed by atoms with Gasteiger partial charge in [0.15, 0.2) is 5.82 Å². The summed E-state index contributed by atoms with van der Waals surface area (Å²) in [5.41, 5.74) is 10.0. The van der Waals surface area contributed by atoms with E-state index in [2.05, 4.69) is 31.7 Å². The molecule has 3 aromatic heterocycles. The summed E-state index contributed by atoms with van der Waals surface area (Å²) < 4.78 is 7.38. The Morgan fingerprint density at radius 1 is 1.36 bits per heavy atom. The van der Waals surface area contributed by atoms with Crippen LogP contribution in [0.25, 0.3) is 16.8 Å². The lowest BCUT2D eigenvalue weighted by molar-refractivity contribution is 0.120. The third-order valence-electron chi connectivity index (χ3n) is 4.94. The number of ether oxygens (including phenoxy) is 1. The maximum absolute atomic E-state index is 6.22. The van der Waals surface area contributed by atoms with Crippen LogP contribution in [0, 0.1) is 0 Å². The summed E-state index contributed by atoms with van der Waals surface area (Å²) in [6, 6.07) is 4.09. The Labute approximate surface area is 144 Å². The highest BCUT2D eigenvalue weighted by molar-refractivity contribution is 5.86. The Morgan fingerprint density at radius 2 is 2.28 bits per heavy atom. The normalized spacial score (nSPS) is 20.4. The molecule has 0 bridgehead atoms. The average Bonchev–Trinajstić information content (AvgIpc) is 3.05. The van der Waals surface area contributed by atoms with Crippen molar-refractivity contribution in [3.63, 3.8) is 0 Å². The lowest BCUT2D eigenvalue weighted by atomic mass is 10.1. The summed E-state index contributed by atoms with van der Waals surface area (Å²) in [6.45, 7) is 1.53. The minimum Gasteiger partial charge on any atom is -0.382 e. The summed E-state index contributed by atoms with van der Waals surface area (Å²) in [5, 5.41) is 15.3. The van der Waals surface area contributed by atoms with Gasteiger partial charge in [-0.1, -0.05) is 0 Å². The van der Waals surface area contributed by atoms with Crippen molar-refractivity contribution in [2.45, 2.75) is 37.7 Å². The molecule has 0 radical (unpaired) electrons. The maximum atomic E-state index is 6.22. The maximum Gasteiger partial charge on any atom is 0.243 e. The zero-order valence-corrected chi connectivity index (χ0v) is 13.9. The first-order valence-electron chi connectivity index (χ1n) is 8.84. The molecule has 130 valence electrons. The quantitative estimate of drug-likeness (QED) is 0.658. The zero-order chi connectivity index (χ0) is 16.8. The van der Waals surface area contributed by atoms with Crippen LogP contribution in [0.1, 0.15) is 37.3 Å². The van der Waals surface area contributed by atoms with E-state index in [-0.39, 0.29) is 6.10 Å². The van der Waals surface area contributed by atoms with Gasteiger partial charge in [0, 0.05) is 36.5 Å². The summed E-state index contributed by atoms with van der Waals surface area (Å²) in [5.74, 6) is 1.60. The van der Waals surface area contributed by atoms with Crippen LogP contribution >= 0.6 is 0 Å². The number of nitrogens with zero attached hydrogens (tertiary/aromatic N) is 4. The molecule has 8 heteroatoms. The van der Waals surface area contributed by atoms with E-state index in [9.17, 15) is 0 Å². The monoisotopic (exact) mass is 339 g/mol. The Morgan fingerprint density at radius 3 is 3.08 bits per heavy atom. The van der Waals surface area contributed by atoms with Crippen molar-refractivity contribution in [3.05, 3.63) is 24.0 Å². The van der Waals surface area contributed by atoms with Crippen molar-refractivity contribution in [2.24, 2.45) is 0 Å². The Hall–Kier alpha value is -2.61. The number of aromatic nitrogens is 5. The van der Waals surface area contributed by atoms with Crippen LogP contribution in [0.4, 0.5) is 11.8 Å². The number of rotatable bonds is 5. The van der Waals surface area contributed by atoms with E-state index in [4.69, 9.17) is 10.5 Å². The Bertz CT molecular complexity index is 905. The first-order chi connectivity index (χ1) is 12.3. The number of anilines is 2. The summed E-state index contributed by atoms with van der Waals surface area (Å²) in [7, 11) is 0. The second-order valence-electron chi connectivity index (χ2n) is 6.84. The predicted octanol–water partition coefficient (Wildman–Crippen LogP) is 2.17. The van der Waals surface area contributed by atoms with Gasteiger partial charge in [-0.05, 0) is 37.8 Å². The number of nitrogens with two attached hydrogens (primary N) is 1. The lowest BCUT2D eigenvalue weighted by Gasteiger charge is -2.11. The summed E-state index contributed by atoms with van der Waals surface area (Å²) in [6.07, 6.45) is 6.78. The molecule has 4 N–H and O–H groups in total. The molecule has 1 saturated carbocycles. The fourth-order valence-electron chi connectivity index (χ4n) is 3.42. The fourth-order valence-corrected chi connectivity index (χ4v) is 3.42. The molecule has 0 amide bonds.